The van der Waals surface area contributed by atoms with Crippen molar-refractivity contribution in [1.29, 1.82) is 0 Å². The summed E-state index contributed by atoms with van der Waals surface area (Å²) in [4.78, 5) is 18.5. The van der Waals surface area contributed by atoms with Gasteiger partial charge < -0.3 is 5.32 Å². The number of alkyl halides is 3. The van der Waals surface area contributed by atoms with Crippen molar-refractivity contribution in [2.24, 2.45) is 4.99 Å². The molecule has 1 aliphatic heterocycles. The lowest BCUT2D eigenvalue weighted by atomic mass is 10.2. The molecule has 1 N–H and O–H groups in total. The summed E-state index contributed by atoms with van der Waals surface area (Å²) in [5, 5.41) is 3.50. The Bertz CT molecular complexity index is 888. The summed E-state index contributed by atoms with van der Waals surface area (Å²) in [6, 6.07) is 10.9. The average Bonchev–Trinajstić information content (AvgIpc) is 2.97. The molecule has 1 saturated heterocycles. The minimum atomic E-state index is -4.48. The molecule has 3 rings (SSSR count). The fourth-order valence-corrected chi connectivity index (χ4v) is 3.68. The molecule has 0 saturated carbocycles. The van der Waals surface area contributed by atoms with E-state index in [9.17, 15) is 18.0 Å². The molecule has 1 fully saturated rings. The number of nitrogens with one attached hydrogen (secondary N) is 1. The molecule has 0 aromatic heterocycles. The topological polar surface area (TPSA) is 44.7 Å². The van der Waals surface area contributed by atoms with E-state index in [4.69, 9.17) is 11.6 Å². The van der Waals surface area contributed by atoms with Gasteiger partial charge in [-0.1, -0.05) is 48.5 Å². The van der Waals surface area contributed by atoms with Crippen LogP contribution < -0.4 is 5.32 Å². The first-order valence-electron chi connectivity index (χ1n) is 7.99. The van der Waals surface area contributed by atoms with Gasteiger partial charge >= 0.3 is 12.2 Å². The predicted molar refractivity (Wildman–Crippen MR) is 103 cm³/mol. The number of hydrogen-bond acceptors (Lipinski definition) is 3. The van der Waals surface area contributed by atoms with Crippen molar-refractivity contribution >= 4 is 45.9 Å². The van der Waals surface area contributed by atoms with Crippen LogP contribution in [0.1, 0.15) is 12.5 Å². The Morgan fingerprint density at radius 1 is 1.26 bits per heavy atom. The van der Waals surface area contributed by atoms with E-state index in [2.05, 4.69) is 10.3 Å². The SMILES string of the molecule is C[C@H]1CN(C(=O)Nc2cccc(C(F)(F)F)c2)C(=Nc2ccccc2Cl)S1. The maximum atomic E-state index is 12.8. The van der Waals surface area contributed by atoms with Crippen LogP contribution in [0.3, 0.4) is 0 Å². The van der Waals surface area contributed by atoms with Crippen LogP contribution in [0.15, 0.2) is 53.5 Å². The second-order valence-corrected chi connectivity index (χ2v) is 7.71. The third-order valence-corrected chi connectivity index (χ3v) is 5.13. The first-order chi connectivity index (χ1) is 12.7. The van der Waals surface area contributed by atoms with Crippen LogP contribution >= 0.6 is 23.4 Å². The maximum absolute atomic E-state index is 12.8. The molecule has 142 valence electrons. The van der Waals surface area contributed by atoms with Gasteiger partial charge in [-0.05, 0) is 30.3 Å². The summed E-state index contributed by atoms with van der Waals surface area (Å²) in [6.07, 6.45) is -4.48. The van der Waals surface area contributed by atoms with Gasteiger partial charge in [0.25, 0.3) is 0 Å². The van der Waals surface area contributed by atoms with Crippen LogP contribution in [0.25, 0.3) is 0 Å². The van der Waals surface area contributed by atoms with Crippen molar-refractivity contribution in [2.45, 2.75) is 18.3 Å². The lowest BCUT2D eigenvalue weighted by molar-refractivity contribution is -0.137. The summed E-state index contributed by atoms with van der Waals surface area (Å²) < 4.78 is 38.5. The largest absolute Gasteiger partial charge is 0.416 e. The molecule has 1 aliphatic rings. The Balaban J connectivity index is 1.82. The summed E-state index contributed by atoms with van der Waals surface area (Å²) in [5.74, 6) is 0. The van der Waals surface area contributed by atoms with E-state index in [-0.39, 0.29) is 10.9 Å². The first kappa shape index (κ1) is 19.6. The molecule has 2 amide bonds. The van der Waals surface area contributed by atoms with Gasteiger partial charge in [-0.25, -0.2) is 9.79 Å². The fourth-order valence-electron chi connectivity index (χ4n) is 2.48. The highest BCUT2D eigenvalue weighted by atomic mass is 35.5. The molecule has 2 aromatic rings. The van der Waals surface area contributed by atoms with E-state index in [1.54, 1.807) is 24.3 Å². The van der Waals surface area contributed by atoms with Crippen molar-refractivity contribution in [3.8, 4) is 0 Å². The summed E-state index contributed by atoms with van der Waals surface area (Å²) in [5.41, 5.74) is -0.237. The normalized spacial score (nSPS) is 18.8. The Labute approximate surface area is 163 Å². The van der Waals surface area contributed by atoms with Gasteiger partial charge in [0, 0.05) is 17.5 Å². The van der Waals surface area contributed by atoms with E-state index in [1.807, 2.05) is 6.92 Å². The smallest absolute Gasteiger partial charge is 0.307 e. The molecule has 1 atom stereocenters. The number of hydrogen-bond donors (Lipinski definition) is 1. The number of carbonyl (C=O) groups excluding carboxylic acids is 1. The molecular weight excluding hydrogens is 399 g/mol. The number of thioether (sulfide) groups is 1. The third-order valence-electron chi connectivity index (χ3n) is 3.73. The molecule has 0 aliphatic carbocycles. The molecule has 4 nitrogen and oxygen atoms in total. The molecule has 0 spiro atoms. The van der Waals surface area contributed by atoms with Crippen molar-refractivity contribution < 1.29 is 18.0 Å². The average molecular weight is 414 g/mol. The Morgan fingerprint density at radius 2 is 2.00 bits per heavy atom. The second-order valence-electron chi connectivity index (χ2n) is 5.89. The van der Waals surface area contributed by atoms with E-state index in [0.29, 0.717) is 22.4 Å². The van der Waals surface area contributed by atoms with Gasteiger partial charge in [-0.15, -0.1) is 0 Å². The number of benzene rings is 2. The van der Waals surface area contributed by atoms with Crippen molar-refractivity contribution in [3.63, 3.8) is 0 Å². The predicted octanol–water partition coefficient (Wildman–Crippen LogP) is 6.02. The number of urea groups is 1. The van der Waals surface area contributed by atoms with Gasteiger partial charge in [-0.3, -0.25) is 4.90 Å². The lowest BCUT2D eigenvalue weighted by Gasteiger charge is -2.18. The quantitative estimate of drug-likeness (QED) is 0.654. The molecule has 0 radical (unpaired) electrons. The van der Waals surface area contributed by atoms with Gasteiger partial charge in [0.2, 0.25) is 0 Å². The first-order valence-corrected chi connectivity index (χ1v) is 9.25. The highest BCUT2D eigenvalue weighted by Crippen LogP contribution is 2.33. The highest BCUT2D eigenvalue weighted by Gasteiger charge is 2.33. The van der Waals surface area contributed by atoms with Crippen molar-refractivity contribution in [3.05, 3.63) is 59.1 Å². The van der Waals surface area contributed by atoms with E-state index in [0.717, 1.165) is 12.1 Å². The summed E-state index contributed by atoms with van der Waals surface area (Å²) in [6.45, 7) is 2.32. The van der Waals surface area contributed by atoms with Crippen LogP contribution in [0, 0.1) is 0 Å². The third kappa shape index (κ3) is 4.75. The number of amidine groups is 1. The van der Waals surface area contributed by atoms with Crippen molar-refractivity contribution in [2.75, 3.05) is 11.9 Å². The monoisotopic (exact) mass is 413 g/mol. The van der Waals surface area contributed by atoms with E-state index < -0.39 is 17.8 Å². The molecule has 0 unspecified atom stereocenters. The molecule has 1 heterocycles. The highest BCUT2D eigenvalue weighted by molar-refractivity contribution is 8.14. The number of aliphatic imine (C=N–C) groups is 1. The number of amides is 2. The summed E-state index contributed by atoms with van der Waals surface area (Å²) >= 11 is 7.51. The maximum Gasteiger partial charge on any atom is 0.416 e. The Morgan fingerprint density at radius 3 is 2.70 bits per heavy atom. The number of para-hydroxylation sites is 1. The molecule has 0 bridgehead atoms. The number of carbonyl (C=O) groups is 1. The second kappa shape index (κ2) is 7.82. The number of nitrogens with zero attached hydrogens (tertiary/aromatic N) is 2. The van der Waals surface area contributed by atoms with Crippen LogP contribution in [0.5, 0.6) is 0 Å². The van der Waals surface area contributed by atoms with Crippen molar-refractivity contribution in [1.82, 2.24) is 4.90 Å². The minimum Gasteiger partial charge on any atom is -0.307 e. The van der Waals surface area contributed by atoms with Crippen LogP contribution in [-0.2, 0) is 6.18 Å². The Hall–Kier alpha value is -2.19. The zero-order valence-corrected chi connectivity index (χ0v) is 15.7. The zero-order valence-electron chi connectivity index (χ0n) is 14.1. The standard InChI is InChI=1S/C18H15ClF3N3OS/c1-11-10-25(17(27-11)24-15-8-3-2-7-14(15)19)16(26)23-13-6-4-5-12(9-13)18(20,21)22/h2-9,11H,10H2,1H3,(H,23,26)/t11-/m0/s1. The van der Waals surface area contributed by atoms with Gasteiger partial charge in [0.1, 0.15) is 0 Å². The van der Waals surface area contributed by atoms with Gasteiger partial charge in [-0.2, -0.15) is 13.2 Å². The molecule has 27 heavy (non-hydrogen) atoms. The molecular formula is C18H15ClF3N3OS. The molecule has 2 aromatic carbocycles. The lowest BCUT2D eigenvalue weighted by Crippen LogP contribution is -2.36. The van der Waals surface area contributed by atoms with Crippen LogP contribution in [0.4, 0.5) is 29.3 Å². The fraction of sp³-hybridized carbons (Fsp3) is 0.222. The number of rotatable bonds is 2. The van der Waals surface area contributed by atoms with Gasteiger partial charge in [0.05, 0.1) is 16.3 Å². The van der Waals surface area contributed by atoms with Crippen LogP contribution in [0.2, 0.25) is 5.02 Å². The Kier molecular flexibility index (Phi) is 5.67. The van der Waals surface area contributed by atoms with E-state index >= 15 is 0 Å². The van der Waals surface area contributed by atoms with Crippen LogP contribution in [-0.4, -0.2) is 27.9 Å². The van der Waals surface area contributed by atoms with E-state index in [1.165, 1.54) is 28.8 Å². The minimum absolute atomic E-state index is 0.0662. The zero-order chi connectivity index (χ0) is 19.6. The molecule has 9 heteroatoms. The summed E-state index contributed by atoms with van der Waals surface area (Å²) in [7, 11) is 0. The number of halogens is 4. The number of anilines is 1. The van der Waals surface area contributed by atoms with Gasteiger partial charge in [0.15, 0.2) is 5.17 Å².